The number of methoxy groups -OCH3 is 2. The van der Waals surface area contributed by atoms with Crippen LogP contribution in [0.3, 0.4) is 0 Å². The number of aromatic nitrogens is 2. The third-order valence-corrected chi connectivity index (χ3v) is 6.06. The quantitative estimate of drug-likeness (QED) is 0.521. The summed E-state index contributed by atoms with van der Waals surface area (Å²) < 4.78 is 18.1. The maximum Gasteiger partial charge on any atom is 0.247 e. The van der Waals surface area contributed by atoms with Gasteiger partial charge in [0.15, 0.2) is 5.82 Å². The highest BCUT2D eigenvalue weighted by Gasteiger charge is 2.31. The molecule has 7 nitrogen and oxygen atoms in total. The SMILES string of the molecule is COc1ccc(C2CCCN2C(=O)/C=C/c2cc(C)n(-c3cc(C)on3)c2C)c(OC)c1. The number of carbonyl (C=O) groups excluding carboxylic acids is 1. The molecule has 0 radical (unpaired) electrons. The monoisotopic (exact) mass is 435 g/mol. The number of hydrogen-bond donors (Lipinski definition) is 0. The summed E-state index contributed by atoms with van der Waals surface area (Å²) in [5.41, 5.74) is 4.03. The maximum atomic E-state index is 13.1. The minimum atomic E-state index is -0.0152. The molecule has 1 saturated heterocycles. The van der Waals surface area contributed by atoms with Crippen LogP contribution in [0.15, 0.2) is 40.9 Å². The van der Waals surface area contributed by atoms with Gasteiger partial charge in [-0.3, -0.25) is 9.36 Å². The van der Waals surface area contributed by atoms with Gasteiger partial charge in [-0.1, -0.05) is 5.16 Å². The Morgan fingerprint density at radius 1 is 1.16 bits per heavy atom. The number of amides is 1. The summed E-state index contributed by atoms with van der Waals surface area (Å²) in [6.45, 7) is 6.62. The molecular formula is C25H29N3O4. The van der Waals surface area contributed by atoms with Gasteiger partial charge in [-0.15, -0.1) is 0 Å². The molecule has 0 bridgehead atoms. The minimum absolute atomic E-state index is 0.00699. The fourth-order valence-electron chi connectivity index (χ4n) is 4.47. The Morgan fingerprint density at radius 3 is 2.66 bits per heavy atom. The third kappa shape index (κ3) is 4.02. The Hall–Kier alpha value is -3.48. The highest BCUT2D eigenvalue weighted by atomic mass is 16.5. The van der Waals surface area contributed by atoms with Crippen molar-refractivity contribution >= 4 is 12.0 Å². The number of rotatable bonds is 6. The normalized spacial score (nSPS) is 16.2. The molecule has 0 saturated carbocycles. The topological polar surface area (TPSA) is 69.7 Å². The summed E-state index contributed by atoms with van der Waals surface area (Å²) in [6.07, 6.45) is 5.41. The first-order valence-corrected chi connectivity index (χ1v) is 10.8. The van der Waals surface area contributed by atoms with Crippen LogP contribution in [0, 0.1) is 20.8 Å². The van der Waals surface area contributed by atoms with Crippen molar-refractivity contribution in [2.75, 3.05) is 20.8 Å². The lowest BCUT2D eigenvalue weighted by molar-refractivity contribution is -0.126. The van der Waals surface area contributed by atoms with Crippen molar-refractivity contribution in [2.24, 2.45) is 0 Å². The summed E-state index contributed by atoms with van der Waals surface area (Å²) in [7, 11) is 3.27. The van der Waals surface area contributed by atoms with Crippen LogP contribution < -0.4 is 9.47 Å². The number of hydrogen-bond acceptors (Lipinski definition) is 5. The molecule has 1 aliphatic heterocycles. The molecule has 0 spiro atoms. The number of ether oxygens (including phenoxy) is 2. The summed E-state index contributed by atoms with van der Waals surface area (Å²) in [4.78, 5) is 15.1. The molecule has 168 valence electrons. The van der Waals surface area contributed by atoms with E-state index in [1.54, 1.807) is 20.3 Å². The van der Waals surface area contributed by atoms with Crippen LogP contribution in [0.25, 0.3) is 11.9 Å². The lowest BCUT2D eigenvalue weighted by atomic mass is 10.0. The molecule has 1 unspecified atom stereocenters. The van der Waals surface area contributed by atoms with Gasteiger partial charge in [0.1, 0.15) is 17.3 Å². The van der Waals surface area contributed by atoms with Crippen LogP contribution in [0.2, 0.25) is 0 Å². The van der Waals surface area contributed by atoms with Crippen molar-refractivity contribution in [3.63, 3.8) is 0 Å². The number of benzene rings is 1. The third-order valence-electron chi connectivity index (χ3n) is 6.06. The van der Waals surface area contributed by atoms with Crippen molar-refractivity contribution in [1.29, 1.82) is 0 Å². The van der Waals surface area contributed by atoms with Crippen LogP contribution in [-0.2, 0) is 4.79 Å². The Balaban J connectivity index is 1.56. The molecule has 7 heteroatoms. The predicted molar refractivity (Wildman–Crippen MR) is 122 cm³/mol. The highest BCUT2D eigenvalue weighted by molar-refractivity contribution is 5.92. The molecule has 1 atom stereocenters. The second kappa shape index (κ2) is 8.94. The Bertz CT molecular complexity index is 1160. The maximum absolute atomic E-state index is 13.1. The number of aryl methyl sites for hydroxylation is 2. The van der Waals surface area contributed by atoms with E-state index in [0.717, 1.165) is 65.0 Å². The number of likely N-dealkylation sites (tertiary alicyclic amines) is 1. The Kier molecular flexibility index (Phi) is 6.08. The first kappa shape index (κ1) is 21.7. The van der Waals surface area contributed by atoms with E-state index in [9.17, 15) is 4.79 Å². The second-order valence-electron chi connectivity index (χ2n) is 8.09. The van der Waals surface area contributed by atoms with E-state index in [2.05, 4.69) is 11.2 Å². The van der Waals surface area contributed by atoms with E-state index in [0.29, 0.717) is 0 Å². The molecule has 1 amide bonds. The van der Waals surface area contributed by atoms with Crippen molar-refractivity contribution in [1.82, 2.24) is 14.6 Å². The van der Waals surface area contributed by atoms with Gasteiger partial charge < -0.3 is 18.9 Å². The standard InChI is InChI=1S/C25H29N3O4/c1-16-13-19(18(3)28(16)24-14-17(2)32-26-24)8-11-25(29)27-12-6-7-22(27)21-10-9-20(30-4)15-23(21)31-5/h8-11,13-15,22H,6-7,12H2,1-5H3/b11-8+. The second-order valence-corrected chi connectivity index (χ2v) is 8.09. The molecule has 2 aromatic heterocycles. The summed E-state index contributed by atoms with van der Waals surface area (Å²) in [6, 6.07) is 9.71. The smallest absolute Gasteiger partial charge is 0.247 e. The number of nitrogens with zero attached hydrogens (tertiary/aromatic N) is 3. The van der Waals surface area contributed by atoms with Gasteiger partial charge in [0.05, 0.1) is 20.3 Å². The van der Waals surface area contributed by atoms with Crippen LogP contribution >= 0.6 is 0 Å². The van der Waals surface area contributed by atoms with E-state index < -0.39 is 0 Å². The van der Waals surface area contributed by atoms with Crippen molar-refractivity contribution in [3.05, 3.63) is 64.7 Å². The van der Waals surface area contributed by atoms with Gasteiger partial charge in [0.2, 0.25) is 5.91 Å². The number of carbonyl (C=O) groups is 1. The molecule has 1 fully saturated rings. The lowest BCUT2D eigenvalue weighted by Gasteiger charge is -2.25. The van der Waals surface area contributed by atoms with E-state index >= 15 is 0 Å². The van der Waals surface area contributed by atoms with Crippen LogP contribution in [0.5, 0.6) is 11.5 Å². The van der Waals surface area contributed by atoms with Crippen LogP contribution in [-0.4, -0.2) is 41.3 Å². The fourth-order valence-corrected chi connectivity index (χ4v) is 4.47. The van der Waals surface area contributed by atoms with E-state index in [4.69, 9.17) is 14.0 Å². The van der Waals surface area contributed by atoms with E-state index in [1.807, 2.05) is 60.6 Å². The zero-order chi connectivity index (χ0) is 22.8. The zero-order valence-electron chi connectivity index (χ0n) is 19.2. The zero-order valence-corrected chi connectivity index (χ0v) is 19.2. The van der Waals surface area contributed by atoms with Gasteiger partial charge in [-0.05, 0) is 63.5 Å². The summed E-state index contributed by atoms with van der Waals surface area (Å²) in [5, 5.41) is 4.12. The van der Waals surface area contributed by atoms with Crippen LogP contribution in [0.4, 0.5) is 0 Å². The summed E-state index contributed by atoms with van der Waals surface area (Å²) >= 11 is 0. The summed E-state index contributed by atoms with van der Waals surface area (Å²) in [5.74, 6) is 2.97. The first-order valence-electron chi connectivity index (χ1n) is 10.8. The minimum Gasteiger partial charge on any atom is -0.497 e. The lowest BCUT2D eigenvalue weighted by Crippen LogP contribution is -2.29. The van der Waals surface area contributed by atoms with Crippen molar-refractivity contribution in [3.8, 4) is 17.3 Å². The molecule has 3 aromatic rings. The molecule has 1 aliphatic rings. The van der Waals surface area contributed by atoms with Gasteiger partial charge in [-0.2, -0.15) is 0 Å². The van der Waals surface area contributed by atoms with Gasteiger partial charge in [0.25, 0.3) is 0 Å². The Morgan fingerprint density at radius 2 is 1.97 bits per heavy atom. The molecule has 3 heterocycles. The molecule has 0 aliphatic carbocycles. The molecule has 1 aromatic carbocycles. The molecule has 32 heavy (non-hydrogen) atoms. The average molecular weight is 436 g/mol. The van der Waals surface area contributed by atoms with Crippen molar-refractivity contribution < 1.29 is 18.8 Å². The molecule has 0 N–H and O–H groups in total. The fraction of sp³-hybridized carbons (Fsp3) is 0.360. The average Bonchev–Trinajstić information content (AvgIpc) is 3.50. The van der Waals surface area contributed by atoms with Gasteiger partial charge in [0, 0.05) is 41.7 Å². The highest BCUT2D eigenvalue weighted by Crippen LogP contribution is 2.38. The Labute approximate surface area is 188 Å². The van der Waals surface area contributed by atoms with E-state index in [-0.39, 0.29) is 11.9 Å². The van der Waals surface area contributed by atoms with Gasteiger partial charge >= 0.3 is 0 Å². The van der Waals surface area contributed by atoms with Gasteiger partial charge in [-0.25, -0.2) is 0 Å². The largest absolute Gasteiger partial charge is 0.497 e. The van der Waals surface area contributed by atoms with Crippen molar-refractivity contribution in [2.45, 2.75) is 39.7 Å². The first-order chi connectivity index (χ1) is 15.4. The molecular weight excluding hydrogens is 406 g/mol. The van der Waals surface area contributed by atoms with Crippen LogP contribution in [0.1, 0.15) is 47.2 Å². The molecule has 4 rings (SSSR count). The van der Waals surface area contributed by atoms with E-state index in [1.165, 1.54) is 0 Å². The predicted octanol–water partition coefficient (Wildman–Crippen LogP) is 4.78.